The summed E-state index contributed by atoms with van der Waals surface area (Å²) in [6, 6.07) is 15.4. The molecule has 11 heteroatoms. The molecule has 0 bridgehead atoms. The number of carbonyl (C=O) groups excluding carboxylic acids is 2. The third-order valence-corrected chi connectivity index (χ3v) is 7.04. The van der Waals surface area contributed by atoms with E-state index in [1.807, 2.05) is 20.8 Å². The number of methoxy groups -OCH3 is 2. The molecule has 0 aromatic heterocycles. The Bertz CT molecular complexity index is 1440. The second kappa shape index (κ2) is 11.5. The van der Waals surface area contributed by atoms with Crippen molar-refractivity contribution >= 4 is 33.2 Å². The SMILES string of the molecule is COc1ccc(S(=O)(=O)N(CC(=O)Nc2ccccc2C(=O)NC(C)(C)C)c2ccccc2F)cc1OC. The van der Waals surface area contributed by atoms with Gasteiger partial charge in [0.1, 0.15) is 12.4 Å². The molecule has 0 unspecified atom stereocenters. The van der Waals surface area contributed by atoms with Crippen LogP contribution in [0.4, 0.5) is 15.8 Å². The lowest BCUT2D eigenvalue weighted by Gasteiger charge is -2.25. The van der Waals surface area contributed by atoms with Crippen molar-refractivity contribution < 1.29 is 31.9 Å². The number of para-hydroxylation sites is 2. The van der Waals surface area contributed by atoms with E-state index in [1.54, 1.807) is 12.1 Å². The molecule has 2 N–H and O–H groups in total. The van der Waals surface area contributed by atoms with Crippen LogP contribution in [0.3, 0.4) is 0 Å². The first-order valence-corrected chi connectivity index (χ1v) is 13.0. The van der Waals surface area contributed by atoms with Crippen LogP contribution in [0.5, 0.6) is 11.5 Å². The largest absolute Gasteiger partial charge is 0.493 e. The number of hydrogen-bond acceptors (Lipinski definition) is 6. The first kappa shape index (κ1) is 28.5. The average Bonchev–Trinajstić information content (AvgIpc) is 2.86. The molecule has 0 fully saturated rings. The Labute approximate surface area is 221 Å². The third kappa shape index (κ3) is 6.60. The molecule has 0 saturated heterocycles. The standard InChI is InChI=1S/C27H30FN3O6S/c1-27(2,3)30-26(33)19-10-6-8-12-21(19)29-25(32)17-31(22-13-9-7-11-20(22)28)38(34,35)18-14-15-23(36-4)24(16-18)37-5/h6-16H,17H2,1-5H3,(H,29,32)(H,30,33). The summed E-state index contributed by atoms with van der Waals surface area (Å²) >= 11 is 0. The van der Waals surface area contributed by atoms with Crippen molar-refractivity contribution in [2.75, 3.05) is 30.4 Å². The minimum atomic E-state index is -4.45. The first-order valence-electron chi connectivity index (χ1n) is 11.6. The Morgan fingerprint density at radius 2 is 1.55 bits per heavy atom. The molecule has 0 aliphatic heterocycles. The van der Waals surface area contributed by atoms with Gasteiger partial charge in [-0.2, -0.15) is 0 Å². The van der Waals surface area contributed by atoms with Crippen molar-refractivity contribution in [3.63, 3.8) is 0 Å². The molecule has 0 heterocycles. The average molecular weight is 544 g/mol. The predicted molar refractivity (Wildman–Crippen MR) is 143 cm³/mol. The summed E-state index contributed by atoms with van der Waals surface area (Å²) in [6.45, 7) is 4.68. The van der Waals surface area contributed by atoms with Crippen LogP contribution in [-0.4, -0.2) is 46.5 Å². The van der Waals surface area contributed by atoms with Gasteiger partial charge in [0.2, 0.25) is 5.91 Å². The number of benzene rings is 3. The smallest absolute Gasteiger partial charge is 0.265 e. The number of nitrogens with one attached hydrogen (secondary N) is 2. The van der Waals surface area contributed by atoms with E-state index in [0.717, 1.165) is 6.07 Å². The zero-order valence-electron chi connectivity index (χ0n) is 21.7. The van der Waals surface area contributed by atoms with Crippen molar-refractivity contribution in [3.8, 4) is 11.5 Å². The molecule has 0 atom stereocenters. The van der Waals surface area contributed by atoms with Crippen LogP contribution in [0.25, 0.3) is 0 Å². The first-order chi connectivity index (χ1) is 17.9. The third-order valence-electron chi connectivity index (χ3n) is 5.29. The molecule has 202 valence electrons. The summed E-state index contributed by atoms with van der Waals surface area (Å²) in [5.41, 5.74) is -0.480. The number of nitrogens with zero attached hydrogens (tertiary/aromatic N) is 1. The van der Waals surface area contributed by atoms with E-state index in [4.69, 9.17) is 9.47 Å². The van der Waals surface area contributed by atoms with Gasteiger partial charge in [-0.05, 0) is 57.2 Å². The summed E-state index contributed by atoms with van der Waals surface area (Å²) in [7, 11) is -1.70. The Balaban J connectivity index is 1.99. The van der Waals surface area contributed by atoms with Crippen molar-refractivity contribution in [1.29, 1.82) is 0 Å². The molecular formula is C27H30FN3O6S. The second-order valence-electron chi connectivity index (χ2n) is 9.28. The Kier molecular flexibility index (Phi) is 8.62. The highest BCUT2D eigenvalue weighted by Gasteiger charge is 2.30. The fourth-order valence-corrected chi connectivity index (χ4v) is 5.02. The zero-order valence-corrected chi connectivity index (χ0v) is 22.6. The lowest BCUT2D eigenvalue weighted by atomic mass is 10.1. The molecule has 0 aliphatic rings. The highest BCUT2D eigenvalue weighted by Crippen LogP contribution is 2.33. The monoisotopic (exact) mass is 543 g/mol. The maximum absolute atomic E-state index is 14.8. The van der Waals surface area contributed by atoms with Crippen LogP contribution in [0.1, 0.15) is 31.1 Å². The molecule has 0 aliphatic carbocycles. The van der Waals surface area contributed by atoms with Gasteiger partial charge in [-0.3, -0.25) is 13.9 Å². The number of ether oxygens (including phenoxy) is 2. The number of anilines is 2. The van der Waals surface area contributed by atoms with Crippen LogP contribution < -0.4 is 24.4 Å². The molecule has 0 saturated carbocycles. The molecule has 0 radical (unpaired) electrons. The van der Waals surface area contributed by atoms with E-state index in [2.05, 4.69) is 10.6 Å². The lowest BCUT2D eigenvalue weighted by molar-refractivity contribution is -0.114. The van der Waals surface area contributed by atoms with Gasteiger partial charge in [0.15, 0.2) is 11.5 Å². The summed E-state index contributed by atoms with van der Waals surface area (Å²) in [5, 5.41) is 5.41. The lowest BCUT2D eigenvalue weighted by Crippen LogP contribution is -2.41. The summed E-state index contributed by atoms with van der Waals surface area (Å²) < 4.78 is 53.2. The normalized spacial score (nSPS) is 11.4. The molecule has 2 amide bonds. The molecule has 9 nitrogen and oxygen atoms in total. The van der Waals surface area contributed by atoms with Gasteiger partial charge in [-0.25, -0.2) is 12.8 Å². The van der Waals surface area contributed by atoms with Crippen LogP contribution in [0.2, 0.25) is 0 Å². The van der Waals surface area contributed by atoms with E-state index >= 15 is 0 Å². The van der Waals surface area contributed by atoms with Crippen LogP contribution in [0, 0.1) is 5.82 Å². The summed E-state index contributed by atoms with van der Waals surface area (Å²) in [4.78, 5) is 25.7. The van der Waals surface area contributed by atoms with Gasteiger partial charge in [-0.1, -0.05) is 24.3 Å². The van der Waals surface area contributed by atoms with Gasteiger partial charge in [-0.15, -0.1) is 0 Å². The van der Waals surface area contributed by atoms with Crippen LogP contribution in [0.15, 0.2) is 71.6 Å². The van der Waals surface area contributed by atoms with Gasteiger partial charge < -0.3 is 20.1 Å². The van der Waals surface area contributed by atoms with E-state index < -0.39 is 39.7 Å². The quantitative estimate of drug-likeness (QED) is 0.418. The number of sulfonamides is 1. The Morgan fingerprint density at radius 3 is 2.18 bits per heavy atom. The molecule has 3 rings (SSSR count). The predicted octanol–water partition coefficient (Wildman–Crippen LogP) is 4.21. The zero-order chi connectivity index (χ0) is 28.1. The minimum absolute atomic E-state index is 0.144. The fourth-order valence-electron chi connectivity index (χ4n) is 3.58. The fraction of sp³-hybridized carbons (Fsp3) is 0.259. The number of hydrogen-bond donors (Lipinski definition) is 2. The van der Waals surface area contributed by atoms with Gasteiger partial charge in [0.05, 0.1) is 36.1 Å². The van der Waals surface area contributed by atoms with E-state index in [9.17, 15) is 22.4 Å². The van der Waals surface area contributed by atoms with E-state index in [1.165, 1.54) is 62.8 Å². The second-order valence-corrected chi connectivity index (χ2v) is 11.1. The minimum Gasteiger partial charge on any atom is -0.493 e. The maximum Gasteiger partial charge on any atom is 0.265 e. The maximum atomic E-state index is 14.8. The molecular weight excluding hydrogens is 513 g/mol. The highest BCUT2D eigenvalue weighted by molar-refractivity contribution is 7.92. The van der Waals surface area contributed by atoms with Crippen molar-refractivity contribution in [1.82, 2.24) is 5.32 Å². The molecule has 3 aromatic carbocycles. The van der Waals surface area contributed by atoms with Crippen LogP contribution in [-0.2, 0) is 14.8 Å². The summed E-state index contributed by atoms with van der Waals surface area (Å²) in [6.07, 6.45) is 0. The van der Waals surface area contributed by atoms with Crippen molar-refractivity contribution in [2.24, 2.45) is 0 Å². The van der Waals surface area contributed by atoms with E-state index in [-0.39, 0.29) is 27.6 Å². The molecule has 3 aromatic rings. The number of halogens is 1. The molecule has 0 spiro atoms. The topological polar surface area (TPSA) is 114 Å². The number of rotatable bonds is 9. The van der Waals surface area contributed by atoms with Gasteiger partial charge >= 0.3 is 0 Å². The Morgan fingerprint density at radius 1 is 0.921 bits per heavy atom. The highest BCUT2D eigenvalue weighted by atomic mass is 32.2. The van der Waals surface area contributed by atoms with Crippen LogP contribution >= 0.6 is 0 Å². The summed E-state index contributed by atoms with van der Waals surface area (Å²) in [5.74, 6) is -1.60. The number of amides is 2. The van der Waals surface area contributed by atoms with Crippen molar-refractivity contribution in [3.05, 3.63) is 78.1 Å². The van der Waals surface area contributed by atoms with Crippen molar-refractivity contribution in [2.45, 2.75) is 31.2 Å². The van der Waals surface area contributed by atoms with Gasteiger partial charge in [0.25, 0.3) is 15.9 Å². The number of carbonyl (C=O) groups is 2. The Hall–Kier alpha value is -4.12. The molecule has 38 heavy (non-hydrogen) atoms. The van der Waals surface area contributed by atoms with E-state index in [0.29, 0.717) is 10.1 Å². The van der Waals surface area contributed by atoms with Gasteiger partial charge in [0, 0.05) is 11.6 Å².